The molecule has 3 aliphatic rings. The van der Waals surface area contributed by atoms with Crippen LogP contribution in [0.15, 0.2) is 65.2 Å². The molecule has 3 heterocycles. The van der Waals surface area contributed by atoms with Gasteiger partial charge in [-0.2, -0.15) is 0 Å². The second-order valence-electron chi connectivity index (χ2n) is 11.1. The van der Waals surface area contributed by atoms with E-state index >= 15 is 0 Å². The Labute approximate surface area is 226 Å². The van der Waals surface area contributed by atoms with E-state index < -0.39 is 6.36 Å². The Kier molecular flexibility index (Phi) is 7.53. The number of nitrogens with zero attached hydrogens (tertiary/aromatic N) is 2. The van der Waals surface area contributed by atoms with Crippen molar-refractivity contribution in [3.8, 4) is 17.1 Å². The van der Waals surface area contributed by atoms with Crippen molar-refractivity contribution in [2.45, 2.75) is 94.5 Å². The molecule has 2 unspecified atom stereocenters. The smallest absolute Gasteiger partial charge is 0.424 e. The van der Waals surface area contributed by atoms with Gasteiger partial charge < -0.3 is 19.8 Å². The van der Waals surface area contributed by atoms with E-state index in [0.717, 1.165) is 25.8 Å². The molecule has 2 aromatic carbocycles. The maximum atomic E-state index is 12.5. The van der Waals surface area contributed by atoms with E-state index in [1.54, 1.807) is 6.20 Å². The summed E-state index contributed by atoms with van der Waals surface area (Å²) in [5.41, 5.74) is 2.02. The zero-order chi connectivity index (χ0) is 26.8. The number of piperidine rings is 1. The van der Waals surface area contributed by atoms with Crippen molar-refractivity contribution in [2.24, 2.45) is 0 Å². The van der Waals surface area contributed by atoms with Crippen molar-refractivity contribution in [3.63, 3.8) is 0 Å². The number of oxazole rings is 1. The molecular weight excluding hydrogens is 505 g/mol. The monoisotopic (exact) mass is 540 g/mol. The molecule has 6 rings (SSSR count). The highest BCUT2D eigenvalue weighted by atomic mass is 19.4. The lowest BCUT2D eigenvalue weighted by molar-refractivity contribution is -0.274. The predicted molar refractivity (Wildman–Crippen MR) is 143 cm³/mol. The summed E-state index contributed by atoms with van der Waals surface area (Å²) < 4.78 is 47.3. The fraction of sp³-hybridized carbons (Fsp3) is 0.500. The molecular formula is C30H35F3N4O2. The number of benzene rings is 2. The van der Waals surface area contributed by atoms with Crippen LogP contribution in [0.2, 0.25) is 0 Å². The minimum atomic E-state index is -4.72. The van der Waals surface area contributed by atoms with Crippen LogP contribution >= 0.6 is 0 Å². The lowest BCUT2D eigenvalue weighted by Gasteiger charge is -2.44. The van der Waals surface area contributed by atoms with E-state index in [0.29, 0.717) is 41.5 Å². The minimum absolute atomic E-state index is 0.203. The van der Waals surface area contributed by atoms with Crippen LogP contribution in [-0.4, -0.2) is 46.5 Å². The van der Waals surface area contributed by atoms with Gasteiger partial charge in [0, 0.05) is 42.3 Å². The summed E-state index contributed by atoms with van der Waals surface area (Å²) in [5.74, 6) is 0.232. The number of anilines is 1. The molecule has 2 N–H and O–H groups in total. The van der Waals surface area contributed by atoms with Crippen LogP contribution in [0.5, 0.6) is 5.75 Å². The molecule has 1 saturated carbocycles. The minimum Gasteiger partial charge on any atom is -0.424 e. The van der Waals surface area contributed by atoms with Crippen LogP contribution in [0.3, 0.4) is 0 Å². The fourth-order valence-corrected chi connectivity index (χ4v) is 6.74. The van der Waals surface area contributed by atoms with E-state index in [1.807, 2.05) is 0 Å². The molecule has 9 heteroatoms. The maximum Gasteiger partial charge on any atom is 0.573 e. The SMILES string of the molecule is FC(F)(F)Oc1ccc(-c2cnc(N[C@@H]3CCCC[C@H]3NC3CC[C@H]4CCC3N4Cc3ccccc3)o2)cc1. The zero-order valence-electron chi connectivity index (χ0n) is 21.9. The van der Waals surface area contributed by atoms with Gasteiger partial charge in [0.15, 0.2) is 5.76 Å². The average Bonchev–Trinajstić information content (AvgIpc) is 3.49. The molecule has 208 valence electrons. The molecule has 5 atom stereocenters. The van der Waals surface area contributed by atoms with Gasteiger partial charge >= 0.3 is 6.36 Å². The van der Waals surface area contributed by atoms with Crippen LogP contribution in [0, 0.1) is 0 Å². The van der Waals surface area contributed by atoms with Crippen molar-refractivity contribution >= 4 is 6.01 Å². The molecule has 2 aliphatic heterocycles. The van der Waals surface area contributed by atoms with E-state index in [9.17, 15) is 13.2 Å². The first-order valence-corrected chi connectivity index (χ1v) is 14.1. The summed E-state index contributed by atoms with van der Waals surface area (Å²) in [6, 6.07) is 19.1. The normalized spacial score (nSPS) is 27.4. The van der Waals surface area contributed by atoms with Crippen LogP contribution < -0.4 is 15.4 Å². The third kappa shape index (κ3) is 6.25. The number of hydrogen-bond donors (Lipinski definition) is 2. The van der Waals surface area contributed by atoms with Gasteiger partial charge in [-0.3, -0.25) is 4.90 Å². The molecule has 1 aromatic heterocycles. The maximum absolute atomic E-state index is 12.5. The van der Waals surface area contributed by atoms with Gasteiger partial charge in [0.2, 0.25) is 0 Å². The van der Waals surface area contributed by atoms with Crippen molar-refractivity contribution in [1.82, 2.24) is 15.2 Å². The lowest BCUT2D eigenvalue weighted by Crippen LogP contribution is -2.58. The van der Waals surface area contributed by atoms with E-state index in [4.69, 9.17) is 4.42 Å². The van der Waals surface area contributed by atoms with Crippen LogP contribution in [-0.2, 0) is 6.54 Å². The van der Waals surface area contributed by atoms with Crippen LogP contribution in [0.1, 0.15) is 56.9 Å². The number of aromatic nitrogens is 1. The highest BCUT2D eigenvalue weighted by Crippen LogP contribution is 2.38. The first kappa shape index (κ1) is 26.2. The summed E-state index contributed by atoms with van der Waals surface area (Å²) in [7, 11) is 0. The number of fused-ring (bicyclic) bond motifs is 2. The number of nitrogens with one attached hydrogen (secondary N) is 2. The van der Waals surface area contributed by atoms with Gasteiger partial charge in [-0.15, -0.1) is 13.2 Å². The van der Waals surface area contributed by atoms with E-state index in [1.165, 1.54) is 61.9 Å². The van der Waals surface area contributed by atoms with E-state index in [-0.39, 0.29) is 11.8 Å². The van der Waals surface area contributed by atoms with Crippen molar-refractivity contribution < 1.29 is 22.3 Å². The average molecular weight is 541 g/mol. The second kappa shape index (κ2) is 11.2. The molecule has 0 amide bonds. The molecule has 6 nitrogen and oxygen atoms in total. The largest absolute Gasteiger partial charge is 0.573 e. The summed E-state index contributed by atoms with van der Waals surface area (Å²) in [5, 5.41) is 7.58. The number of alkyl halides is 3. The lowest BCUT2D eigenvalue weighted by atomic mass is 9.87. The summed E-state index contributed by atoms with van der Waals surface area (Å²) in [6.45, 7) is 1.02. The van der Waals surface area contributed by atoms with E-state index in [2.05, 4.69) is 55.6 Å². The third-order valence-electron chi connectivity index (χ3n) is 8.56. The molecule has 0 radical (unpaired) electrons. The first-order chi connectivity index (χ1) is 18.9. The Balaban J connectivity index is 1.09. The van der Waals surface area contributed by atoms with Gasteiger partial charge in [0.05, 0.1) is 6.20 Å². The van der Waals surface area contributed by atoms with Gasteiger partial charge in [0.1, 0.15) is 5.75 Å². The van der Waals surface area contributed by atoms with Gasteiger partial charge in [0.25, 0.3) is 6.01 Å². The number of rotatable bonds is 8. The summed E-state index contributed by atoms with van der Waals surface area (Å²) in [6.07, 6.45) is 6.36. The van der Waals surface area contributed by atoms with Crippen molar-refractivity contribution in [1.29, 1.82) is 0 Å². The molecule has 39 heavy (non-hydrogen) atoms. The molecule has 2 saturated heterocycles. The van der Waals surface area contributed by atoms with Gasteiger partial charge in [-0.1, -0.05) is 43.2 Å². The number of halogens is 3. The Morgan fingerprint density at radius 3 is 2.38 bits per heavy atom. The topological polar surface area (TPSA) is 62.6 Å². The quantitative estimate of drug-likeness (QED) is 0.330. The fourth-order valence-electron chi connectivity index (χ4n) is 6.74. The number of ether oxygens (including phenoxy) is 1. The predicted octanol–water partition coefficient (Wildman–Crippen LogP) is 6.75. The van der Waals surface area contributed by atoms with Gasteiger partial charge in [-0.05, 0) is 68.4 Å². The summed E-state index contributed by atoms with van der Waals surface area (Å²) >= 11 is 0. The Hall–Kier alpha value is -3.04. The zero-order valence-corrected chi connectivity index (χ0v) is 21.9. The third-order valence-corrected chi connectivity index (χ3v) is 8.56. The van der Waals surface area contributed by atoms with Crippen molar-refractivity contribution in [2.75, 3.05) is 5.32 Å². The molecule has 1 aliphatic carbocycles. The summed E-state index contributed by atoms with van der Waals surface area (Å²) in [4.78, 5) is 7.15. The standard InChI is InChI=1S/C30H35F3N4O2/c31-30(32,33)39-23-14-10-21(11-15-23)28-18-34-29(38-28)36-25-9-5-4-8-24(25)35-26-16-12-22-13-17-27(26)37(22)19-20-6-2-1-3-7-20/h1-3,6-7,10-11,14-15,18,22,24-27,35H,4-5,8-9,12-13,16-17,19H2,(H,34,36)/t22-,24+,25+,26?,27?/m0/s1. The molecule has 3 aromatic rings. The Morgan fingerprint density at radius 1 is 0.872 bits per heavy atom. The highest BCUT2D eigenvalue weighted by molar-refractivity contribution is 5.58. The Morgan fingerprint density at radius 2 is 1.62 bits per heavy atom. The second-order valence-corrected chi connectivity index (χ2v) is 11.1. The molecule has 3 fully saturated rings. The Bertz CT molecular complexity index is 1220. The molecule has 0 spiro atoms. The van der Waals surface area contributed by atoms with Crippen LogP contribution in [0.4, 0.5) is 19.2 Å². The number of hydrogen-bond acceptors (Lipinski definition) is 6. The molecule has 2 bridgehead atoms. The van der Waals surface area contributed by atoms with Crippen molar-refractivity contribution in [3.05, 3.63) is 66.4 Å². The van der Waals surface area contributed by atoms with Crippen LogP contribution in [0.25, 0.3) is 11.3 Å². The first-order valence-electron chi connectivity index (χ1n) is 14.1. The highest BCUT2D eigenvalue weighted by Gasteiger charge is 2.43. The van der Waals surface area contributed by atoms with Gasteiger partial charge in [-0.25, -0.2) is 4.98 Å².